The number of carbonyl (C=O) groups is 1. The van der Waals surface area contributed by atoms with Crippen molar-refractivity contribution < 1.29 is 4.79 Å². The highest BCUT2D eigenvalue weighted by Gasteiger charge is 2.46. The number of carbonyl (C=O) groups excluding carboxylic acids is 1. The van der Waals surface area contributed by atoms with E-state index in [1.807, 2.05) is 31.2 Å². The minimum Gasteiger partial charge on any atom is -0.338 e. The smallest absolute Gasteiger partial charge is 0.243 e. The Bertz CT molecular complexity index is 514. The third-order valence-corrected chi connectivity index (χ3v) is 4.34. The van der Waals surface area contributed by atoms with Gasteiger partial charge in [-0.25, -0.2) is 0 Å². The molecule has 1 aromatic rings. The second kappa shape index (κ2) is 5.22. The van der Waals surface area contributed by atoms with Crippen LogP contribution in [0.5, 0.6) is 0 Å². The van der Waals surface area contributed by atoms with E-state index in [1.54, 1.807) is 11.9 Å². The zero-order valence-electron chi connectivity index (χ0n) is 11.2. The largest absolute Gasteiger partial charge is 0.338 e. The maximum absolute atomic E-state index is 12.4. The number of rotatable bonds is 3. The maximum Gasteiger partial charge on any atom is 0.243 e. The predicted molar refractivity (Wildman–Crippen MR) is 74.5 cm³/mol. The molecule has 1 aliphatic rings. The van der Waals surface area contributed by atoms with Crippen LogP contribution in [0.25, 0.3) is 0 Å². The van der Waals surface area contributed by atoms with Gasteiger partial charge in [0.25, 0.3) is 0 Å². The van der Waals surface area contributed by atoms with E-state index in [0.29, 0.717) is 17.9 Å². The average Bonchev–Trinajstić information content (AvgIpc) is 2.37. The zero-order valence-corrected chi connectivity index (χ0v) is 11.9. The van der Waals surface area contributed by atoms with E-state index in [4.69, 9.17) is 11.6 Å². The standard InChI is InChI=1S/C15H17ClN2O/c1-11(12-4-6-13(16)7-5-12)18(2)14(19)15(10-17)8-3-9-15/h4-7,11H,3,8-9H2,1-2H3. The molecule has 4 heteroatoms. The number of hydrogen-bond donors (Lipinski definition) is 0. The van der Waals surface area contributed by atoms with E-state index in [-0.39, 0.29) is 11.9 Å². The van der Waals surface area contributed by atoms with Crippen molar-refractivity contribution in [2.75, 3.05) is 7.05 Å². The summed E-state index contributed by atoms with van der Waals surface area (Å²) in [6, 6.07) is 9.59. The van der Waals surface area contributed by atoms with Gasteiger partial charge in [-0.15, -0.1) is 0 Å². The Morgan fingerprint density at radius 3 is 2.42 bits per heavy atom. The molecule has 1 fully saturated rings. The van der Waals surface area contributed by atoms with Gasteiger partial charge in [-0.1, -0.05) is 23.7 Å². The summed E-state index contributed by atoms with van der Waals surface area (Å²) in [4.78, 5) is 14.1. The Kier molecular flexibility index (Phi) is 3.82. The van der Waals surface area contributed by atoms with Crippen molar-refractivity contribution in [3.05, 3.63) is 34.9 Å². The number of nitriles is 1. The van der Waals surface area contributed by atoms with Crippen LogP contribution < -0.4 is 0 Å². The van der Waals surface area contributed by atoms with Crippen LogP contribution in [0.1, 0.15) is 37.8 Å². The van der Waals surface area contributed by atoms with Gasteiger partial charge in [0.05, 0.1) is 12.1 Å². The van der Waals surface area contributed by atoms with Gasteiger partial charge in [0.15, 0.2) is 0 Å². The van der Waals surface area contributed by atoms with Crippen LogP contribution in [0.3, 0.4) is 0 Å². The van der Waals surface area contributed by atoms with Gasteiger partial charge in [0, 0.05) is 12.1 Å². The molecule has 0 aromatic heterocycles. The first-order valence-corrected chi connectivity index (χ1v) is 6.82. The van der Waals surface area contributed by atoms with Gasteiger partial charge in [-0.2, -0.15) is 5.26 Å². The first-order valence-electron chi connectivity index (χ1n) is 6.44. The molecule has 0 heterocycles. The lowest BCUT2D eigenvalue weighted by atomic mass is 9.69. The number of amides is 1. The van der Waals surface area contributed by atoms with Gasteiger partial charge in [0.2, 0.25) is 5.91 Å². The minimum absolute atomic E-state index is 0.0596. The van der Waals surface area contributed by atoms with Crippen LogP contribution in [0.4, 0.5) is 0 Å². The van der Waals surface area contributed by atoms with Crippen LogP contribution in [0, 0.1) is 16.7 Å². The molecule has 1 aliphatic carbocycles. The van der Waals surface area contributed by atoms with E-state index in [1.165, 1.54) is 0 Å². The fourth-order valence-corrected chi connectivity index (χ4v) is 2.51. The van der Waals surface area contributed by atoms with Gasteiger partial charge >= 0.3 is 0 Å². The summed E-state index contributed by atoms with van der Waals surface area (Å²) in [6.07, 6.45) is 2.32. The van der Waals surface area contributed by atoms with Gasteiger partial charge in [-0.3, -0.25) is 4.79 Å². The molecule has 3 nitrogen and oxygen atoms in total. The monoisotopic (exact) mass is 276 g/mol. The van der Waals surface area contributed by atoms with Crippen LogP contribution in [-0.4, -0.2) is 17.9 Å². The van der Waals surface area contributed by atoms with Gasteiger partial charge < -0.3 is 4.90 Å². The number of halogens is 1. The van der Waals surface area contributed by atoms with Crippen molar-refractivity contribution in [3.8, 4) is 6.07 Å². The molecule has 1 saturated carbocycles. The van der Waals surface area contributed by atoms with Gasteiger partial charge in [0.1, 0.15) is 5.41 Å². The summed E-state index contributed by atoms with van der Waals surface area (Å²) in [5.41, 5.74) is 0.239. The number of nitrogens with zero attached hydrogens (tertiary/aromatic N) is 2. The van der Waals surface area contributed by atoms with Gasteiger partial charge in [-0.05, 0) is 43.9 Å². The summed E-state index contributed by atoms with van der Waals surface area (Å²) in [7, 11) is 1.76. The molecule has 1 unspecified atom stereocenters. The van der Waals surface area contributed by atoms with Crippen LogP contribution in [0.2, 0.25) is 5.02 Å². The second-order valence-electron chi connectivity index (χ2n) is 5.19. The Morgan fingerprint density at radius 2 is 2.00 bits per heavy atom. The fraction of sp³-hybridized carbons (Fsp3) is 0.467. The zero-order chi connectivity index (χ0) is 14.0. The summed E-state index contributed by atoms with van der Waals surface area (Å²) in [6.45, 7) is 1.96. The normalized spacial score (nSPS) is 18.0. The molecule has 0 radical (unpaired) electrons. The summed E-state index contributed by atoms with van der Waals surface area (Å²) in [5, 5.41) is 9.91. The molecule has 1 aromatic carbocycles. The molecular weight excluding hydrogens is 260 g/mol. The fourth-order valence-electron chi connectivity index (χ4n) is 2.38. The van der Waals surface area contributed by atoms with Crippen molar-refractivity contribution in [1.29, 1.82) is 5.26 Å². The topological polar surface area (TPSA) is 44.1 Å². The Hall–Kier alpha value is -1.53. The highest BCUT2D eigenvalue weighted by Crippen LogP contribution is 2.42. The second-order valence-corrected chi connectivity index (χ2v) is 5.63. The van der Waals surface area contributed by atoms with Crippen molar-refractivity contribution in [1.82, 2.24) is 4.90 Å². The molecule has 0 bridgehead atoms. The van der Waals surface area contributed by atoms with Crippen molar-refractivity contribution in [2.45, 2.75) is 32.2 Å². The molecule has 0 N–H and O–H groups in total. The Morgan fingerprint density at radius 1 is 1.42 bits per heavy atom. The lowest BCUT2D eigenvalue weighted by Gasteiger charge is -2.39. The number of benzene rings is 1. The average molecular weight is 277 g/mol. The SMILES string of the molecule is CC(c1ccc(Cl)cc1)N(C)C(=O)C1(C#N)CCC1. The molecule has 100 valence electrons. The quantitative estimate of drug-likeness (QED) is 0.847. The van der Waals surface area contributed by atoms with E-state index in [9.17, 15) is 10.1 Å². The van der Waals surface area contributed by atoms with E-state index >= 15 is 0 Å². The van der Waals surface area contributed by atoms with Crippen LogP contribution in [-0.2, 0) is 4.79 Å². The van der Waals surface area contributed by atoms with Crippen molar-refractivity contribution in [3.63, 3.8) is 0 Å². The minimum atomic E-state index is -0.782. The third kappa shape index (κ3) is 2.46. The summed E-state index contributed by atoms with van der Waals surface area (Å²) < 4.78 is 0. The number of hydrogen-bond acceptors (Lipinski definition) is 2. The third-order valence-electron chi connectivity index (χ3n) is 4.08. The molecule has 1 amide bonds. The van der Waals surface area contributed by atoms with E-state index < -0.39 is 5.41 Å². The molecule has 19 heavy (non-hydrogen) atoms. The highest BCUT2D eigenvalue weighted by atomic mass is 35.5. The Labute approximate surface area is 118 Å². The highest BCUT2D eigenvalue weighted by molar-refractivity contribution is 6.30. The molecule has 0 saturated heterocycles. The van der Waals surface area contributed by atoms with E-state index in [0.717, 1.165) is 12.0 Å². The van der Waals surface area contributed by atoms with Crippen molar-refractivity contribution in [2.24, 2.45) is 5.41 Å². The molecular formula is C15H17ClN2O. The lowest BCUT2D eigenvalue weighted by molar-refractivity contribution is -0.143. The van der Waals surface area contributed by atoms with E-state index in [2.05, 4.69) is 6.07 Å². The molecule has 0 aliphatic heterocycles. The summed E-state index contributed by atoms with van der Waals surface area (Å²) >= 11 is 5.86. The van der Waals surface area contributed by atoms with Crippen LogP contribution >= 0.6 is 11.6 Å². The maximum atomic E-state index is 12.4. The molecule has 1 atom stereocenters. The summed E-state index contributed by atoms with van der Waals surface area (Å²) in [5.74, 6) is -0.0660. The first kappa shape index (κ1) is 13.9. The van der Waals surface area contributed by atoms with Crippen LogP contribution in [0.15, 0.2) is 24.3 Å². The molecule has 0 spiro atoms. The predicted octanol–water partition coefficient (Wildman–Crippen LogP) is 3.55. The Balaban J connectivity index is 2.15. The lowest BCUT2D eigenvalue weighted by Crippen LogP contribution is -2.46. The van der Waals surface area contributed by atoms with Crippen molar-refractivity contribution >= 4 is 17.5 Å². The molecule has 2 rings (SSSR count). The first-order chi connectivity index (χ1) is 9.00.